The van der Waals surface area contributed by atoms with Crippen LogP contribution in [-0.2, 0) is 4.79 Å². The molecule has 96 valence electrons. The molecule has 1 aliphatic carbocycles. The Kier molecular flexibility index (Phi) is 4.54. The van der Waals surface area contributed by atoms with E-state index in [0.29, 0.717) is 25.9 Å². The predicted molar refractivity (Wildman–Crippen MR) is 64.8 cm³/mol. The number of carbonyl (C=O) groups is 2. The van der Waals surface area contributed by atoms with Crippen molar-refractivity contribution in [2.75, 3.05) is 19.6 Å². The summed E-state index contributed by atoms with van der Waals surface area (Å²) in [5.41, 5.74) is -0.707. The first-order chi connectivity index (χ1) is 8.05. The van der Waals surface area contributed by atoms with Crippen LogP contribution in [0.15, 0.2) is 12.7 Å². The predicted octanol–water partition coefficient (Wildman–Crippen LogP) is 1.46. The van der Waals surface area contributed by atoms with Crippen LogP contribution in [0, 0.1) is 5.41 Å². The molecule has 0 radical (unpaired) electrons. The number of rotatable bonds is 7. The number of nitrogens with one attached hydrogen (secondary N) is 1. The van der Waals surface area contributed by atoms with Crippen molar-refractivity contribution < 1.29 is 14.7 Å². The summed E-state index contributed by atoms with van der Waals surface area (Å²) >= 11 is 0. The minimum Gasteiger partial charge on any atom is -0.481 e. The Morgan fingerprint density at radius 2 is 2.18 bits per heavy atom. The highest BCUT2D eigenvalue weighted by molar-refractivity contribution is 5.80. The molecule has 1 aliphatic rings. The van der Waals surface area contributed by atoms with Crippen molar-refractivity contribution in [3.8, 4) is 0 Å². The van der Waals surface area contributed by atoms with Gasteiger partial charge in [0.25, 0.3) is 0 Å². The molecule has 0 aromatic carbocycles. The van der Waals surface area contributed by atoms with Crippen LogP contribution in [0.2, 0.25) is 0 Å². The van der Waals surface area contributed by atoms with Crippen molar-refractivity contribution in [3.63, 3.8) is 0 Å². The van der Waals surface area contributed by atoms with Crippen LogP contribution < -0.4 is 5.32 Å². The van der Waals surface area contributed by atoms with Crippen LogP contribution in [0.4, 0.5) is 4.79 Å². The van der Waals surface area contributed by atoms with Gasteiger partial charge in [0.15, 0.2) is 0 Å². The van der Waals surface area contributed by atoms with Gasteiger partial charge in [0, 0.05) is 19.6 Å². The van der Waals surface area contributed by atoms with Crippen molar-refractivity contribution in [2.24, 2.45) is 5.41 Å². The molecule has 5 nitrogen and oxygen atoms in total. The monoisotopic (exact) mass is 240 g/mol. The summed E-state index contributed by atoms with van der Waals surface area (Å²) in [6.07, 6.45) is 3.83. The zero-order valence-corrected chi connectivity index (χ0v) is 10.2. The quantitative estimate of drug-likeness (QED) is 0.662. The van der Waals surface area contributed by atoms with E-state index in [9.17, 15) is 9.59 Å². The second kappa shape index (κ2) is 5.70. The number of carboxylic acids is 1. The van der Waals surface area contributed by atoms with E-state index >= 15 is 0 Å². The third-order valence-corrected chi connectivity index (χ3v) is 3.02. The maximum Gasteiger partial charge on any atom is 0.317 e. The van der Waals surface area contributed by atoms with Gasteiger partial charge in [0.05, 0.1) is 5.41 Å². The topological polar surface area (TPSA) is 69.6 Å². The van der Waals surface area contributed by atoms with Gasteiger partial charge >= 0.3 is 12.0 Å². The van der Waals surface area contributed by atoms with Crippen LogP contribution in [0.1, 0.15) is 26.2 Å². The molecule has 0 atom stereocenters. The summed E-state index contributed by atoms with van der Waals surface area (Å²) in [5, 5.41) is 11.7. The largest absolute Gasteiger partial charge is 0.481 e. The summed E-state index contributed by atoms with van der Waals surface area (Å²) in [4.78, 5) is 24.4. The van der Waals surface area contributed by atoms with Crippen LogP contribution >= 0.6 is 0 Å². The van der Waals surface area contributed by atoms with Gasteiger partial charge < -0.3 is 15.3 Å². The fraction of sp³-hybridized carbons (Fsp3) is 0.667. The summed E-state index contributed by atoms with van der Waals surface area (Å²) in [7, 11) is 0. The molecule has 1 saturated carbocycles. The number of aliphatic carboxylic acids is 1. The number of carboxylic acid groups (broad SMARTS) is 1. The Balaban J connectivity index is 2.42. The molecule has 0 unspecified atom stereocenters. The Labute approximate surface area is 101 Å². The van der Waals surface area contributed by atoms with Crippen molar-refractivity contribution in [2.45, 2.75) is 26.2 Å². The highest BCUT2D eigenvalue weighted by Crippen LogP contribution is 2.45. The number of nitrogens with zero attached hydrogens (tertiary/aromatic N) is 1. The molecule has 17 heavy (non-hydrogen) atoms. The lowest BCUT2D eigenvalue weighted by Gasteiger charge is -2.22. The zero-order chi connectivity index (χ0) is 12.9. The second-order valence-corrected chi connectivity index (χ2v) is 4.48. The Morgan fingerprint density at radius 1 is 1.53 bits per heavy atom. The summed E-state index contributed by atoms with van der Waals surface area (Å²) < 4.78 is 0. The third-order valence-electron chi connectivity index (χ3n) is 3.02. The Hall–Kier alpha value is -1.52. The van der Waals surface area contributed by atoms with Crippen LogP contribution in [0.5, 0.6) is 0 Å². The van der Waals surface area contributed by atoms with E-state index in [0.717, 1.165) is 6.42 Å². The van der Waals surface area contributed by atoms with Gasteiger partial charge in [-0.2, -0.15) is 0 Å². The number of hydrogen-bond acceptors (Lipinski definition) is 2. The van der Waals surface area contributed by atoms with Gasteiger partial charge in [-0.3, -0.25) is 4.79 Å². The molecule has 0 aliphatic heterocycles. The van der Waals surface area contributed by atoms with Gasteiger partial charge in [-0.05, 0) is 19.3 Å². The van der Waals surface area contributed by atoms with Crippen LogP contribution in [0.25, 0.3) is 0 Å². The van der Waals surface area contributed by atoms with Gasteiger partial charge in [-0.15, -0.1) is 6.58 Å². The summed E-state index contributed by atoms with van der Waals surface area (Å²) in [6, 6.07) is -0.209. The molecule has 0 aromatic rings. The van der Waals surface area contributed by atoms with Gasteiger partial charge in [-0.25, -0.2) is 4.79 Å². The molecule has 0 heterocycles. The highest BCUT2D eigenvalue weighted by Gasteiger charge is 2.50. The lowest BCUT2D eigenvalue weighted by molar-refractivity contribution is -0.143. The molecule has 1 fully saturated rings. The number of hydrogen-bond donors (Lipinski definition) is 2. The van der Waals surface area contributed by atoms with Crippen molar-refractivity contribution in [1.29, 1.82) is 0 Å². The molecule has 2 amide bonds. The minimum absolute atomic E-state index is 0.209. The average molecular weight is 240 g/mol. The molecular weight excluding hydrogens is 220 g/mol. The van der Waals surface area contributed by atoms with E-state index in [1.807, 2.05) is 6.92 Å². The molecule has 5 heteroatoms. The maximum absolute atomic E-state index is 11.8. The van der Waals surface area contributed by atoms with E-state index in [4.69, 9.17) is 5.11 Å². The number of carbonyl (C=O) groups excluding carboxylic acids is 1. The van der Waals surface area contributed by atoms with E-state index in [1.54, 1.807) is 11.0 Å². The molecule has 0 saturated heterocycles. The fourth-order valence-electron chi connectivity index (χ4n) is 1.68. The smallest absolute Gasteiger partial charge is 0.317 e. The maximum atomic E-state index is 11.8. The minimum atomic E-state index is -0.816. The van der Waals surface area contributed by atoms with Crippen LogP contribution in [0.3, 0.4) is 0 Å². The first-order valence-electron chi connectivity index (χ1n) is 5.93. The molecular formula is C12H20N2O3. The Morgan fingerprint density at radius 3 is 2.59 bits per heavy atom. The van der Waals surface area contributed by atoms with Crippen molar-refractivity contribution in [3.05, 3.63) is 12.7 Å². The number of urea groups is 1. The standard InChI is InChI=1S/C12H20N2O3/c1-3-7-14(8-4-2)11(17)13-9-12(5-6-12)10(15)16/h3H,1,4-9H2,2H3,(H,13,17)(H,15,16). The van der Waals surface area contributed by atoms with Crippen molar-refractivity contribution in [1.82, 2.24) is 10.2 Å². The average Bonchev–Trinajstić information content (AvgIpc) is 3.07. The highest BCUT2D eigenvalue weighted by atomic mass is 16.4. The molecule has 0 spiro atoms. The molecule has 0 aromatic heterocycles. The normalized spacial score (nSPS) is 16.1. The molecule has 1 rings (SSSR count). The van der Waals surface area contributed by atoms with Gasteiger partial charge in [0.1, 0.15) is 0 Å². The van der Waals surface area contributed by atoms with E-state index < -0.39 is 11.4 Å². The molecule has 2 N–H and O–H groups in total. The van der Waals surface area contributed by atoms with Crippen molar-refractivity contribution >= 4 is 12.0 Å². The third kappa shape index (κ3) is 3.47. The second-order valence-electron chi connectivity index (χ2n) is 4.48. The first-order valence-corrected chi connectivity index (χ1v) is 5.93. The fourth-order valence-corrected chi connectivity index (χ4v) is 1.68. The molecule has 0 bridgehead atoms. The van der Waals surface area contributed by atoms with Gasteiger partial charge in [0.2, 0.25) is 0 Å². The zero-order valence-electron chi connectivity index (χ0n) is 10.2. The summed E-state index contributed by atoms with van der Waals surface area (Å²) in [5.74, 6) is -0.816. The first kappa shape index (κ1) is 13.5. The lowest BCUT2D eigenvalue weighted by atomic mass is 10.1. The van der Waals surface area contributed by atoms with E-state index in [2.05, 4.69) is 11.9 Å². The van der Waals surface area contributed by atoms with E-state index in [-0.39, 0.29) is 12.6 Å². The lowest BCUT2D eigenvalue weighted by Crippen LogP contribution is -2.43. The SMILES string of the molecule is C=CCN(CCC)C(=O)NCC1(C(=O)O)CC1. The van der Waals surface area contributed by atoms with Crippen LogP contribution in [-0.4, -0.2) is 41.6 Å². The number of amides is 2. The summed E-state index contributed by atoms with van der Waals surface area (Å²) in [6.45, 7) is 6.95. The van der Waals surface area contributed by atoms with E-state index in [1.165, 1.54) is 0 Å². The Bertz CT molecular complexity index is 311. The van der Waals surface area contributed by atoms with Gasteiger partial charge in [-0.1, -0.05) is 13.0 Å².